The van der Waals surface area contributed by atoms with Crippen LogP contribution in [-0.4, -0.2) is 169 Å². The quantitative estimate of drug-likeness (QED) is 0.0271. The van der Waals surface area contributed by atoms with Crippen molar-refractivity contribution < 1.29 is 37.0 Å². The van der Waals surface area contributed by atoms with Crippen LogP contribution >= 0.6 is 58.0 Å². The van der Waals surface area contributed by atoms with Gasteiger partial charge in [-0.25, -0.2) is 39.5 Å². The molecule has 104 heavy (non-hydrogen) atoms. The molecule has 4 aromatic carbocycles. The number of ether oxygens (including phenoxy) is 2. The van der Waals surface area contributed by atoms with Gasteiger partial charge < -0.3 is 61.4 Å². The summed E-state index contributed by atoms with van der Waals surface area (Å²) in [5.41, 5.74) is 16.8. The van der Waals surface area contributed by atoms with Crippen molar-refractivity contribution >= 4 is 129 Å². The number of nitrogens with zero attached hydrogens (tertiary/aromatic N) is 12. The fourth-order valence-electron chi connectivity index (χ4n) is 8.98. The zero-order valence-corrected chi connectivity index (χ0v) is 65.1. The molecule has 3 aliphatic rings. The Morgan fingerprint density at radius 1 is 0.462 bits per heavy atom. The van der Waals surface area contributed by atoms with Gasteiger partial charge in [0, 0.05) is 142 Å². The van der Waals surface area contributed by atoms with Crippen molar-refractivity contribution in [3.63, 3.8) is 0 Å². The van der Waals surface area contributed by atoms with E-state index in [2.05, 4.69) is 133 Å². The van der Waals surface area contributed by atoms with Crippen molar-refractivity contribution in [2.24, 2.45) is 0 Å². The standard InChI is InChI=1S/C21H29N5O2.C16H21N5.C12H12ClN3.C9H18N2O2.C7H9N.C5H4Cl2N2.C2HF3O.CH2Cl2/c1-15-6-8-17(9-7-15)23-18-14-16(2)22-19(24-18)25-10-12-26(13-11-25)20(27)28-21(3,4)5;1-12-3-5-14(6-4-12)19-15-11-13(2)18-16(20-15)21-9-7-17-8-10-21;1-8-3-5-10(6-4-8)15-11-7-9(2)14-12(13)16-11;1-9(2,3)13-8(12)11-6-4-10-5-7-11;1-6-2-4-7(8)5-3-6;1-3-2-4(6)9-5(7)8-3;3-2(4,5)1-6;2-1-3/h6-9,14H,10-13H2,1-5H3,(H,22,23,24);3-6,11,17H,7-10H2,1-2H3,(H,18,19,20);3-7H,1-2H3,(H,14,15,16);10H,4-7H2,1-3H3;2-5H,8H2,1H3;2H,1H3;1H;1H2. The molecule has 3 aliphatic heterocycles. The number of amides is 2. The van der Waals surface area contributed by atoms with Crippen LogP contribution < -0.4 is 42.1 Å². The van der Waals surface area contributed by atoms with Crippen LogP contribution in [-0.2, 0) is 14.3 Å². The molecule has 2 amide bonds. The van der Waals surface area contributed by atoms with Crippen LogP contribution in [0.2, 0.25) is 15.7 Å². The number of carbonyl (C=O) groups is 3. The number of nitrogens with two attached hydrogens (primary N) is 1. The number of anilines is 9. The normalized spacial score (nSPS) is 13.2. The maximum atomic E-state index is 12.2. The zero-order valence-electron chi connectivity index (χ0n) is 61.3. The molecule has 7 heterocycles. The third-order valence-electron chi connectivity index (χ3n) is 13.9. The first kappa shape index (κ1) is 87.8. The number of aldehydes is 1. The van der Waals surface area contributed by atoms with Gasteiger partial charge in [-0.05, 0) is 175 Å². The predicted octanol–water partition coefficient (Wildman–Crippen LogP) is 16.3. The number of halogens is 8. The van der Waals surface area contributed by atoms with Gasteiger partial charge in [-0.15, -0.1) is 23.2 Å². The van der Waals surface area contributed by atoms with E-state index in [0.717, 1.165) is 115 Å². The number of nitrogen functional groups attached to an aromatic ring is 1. The lowest BCUT2D eigenvalue weighted by atomic mass is 10.2. The van der Waals surface area contributed by atoms with Crippen molar-refractivity contribution in [1.29, 1.82) is 0 Å². The van der Waals surface area contributed by atoms with Crippen LogP contribution in [0.15, 0.2) is 121 Å². The Bertz CT molecular complexity index is 3790. The number of aromatic nitrogens is 8. The summed E-state index contributed by atoms with van der Waals surface area (Å²) in [7, 11) is 0. The molecule has 0 unspecified atom stereocenters. The van der Waals surface area contributed by atoms with Gasteiger partial charge in [0.1, 0.15) is 33.8 Å². The molecule has 564 valence electrons. The molecule has 7 N–H and O–H groups in total. The second-order valence-electron chi connectivity index (χ2n) is 25.7. The lowest BCUT2D eigenvalue weighted by Gasteiger charge is -2.35. The Balaban J connectivity index is 0.000000269. The highest BCUT2D eigenvalue weighted by Crippen LogP contribution is 2.24. The smallest absolute Gasteiger partial charge is 0.444 e. The molecule has 0 saturated carbocycles. The molecule has 31 heteroatoms. The molecule has 4 aromatic heterocycles. The first-order chi connectivity index (χ1) is 49.0. The van der Waals surface area contributed by atoms with Crippen molar-refractivity contribution in [2.75, 3.05) is 115 Å². The molecule has 3 saturated heterocycles. The predicted molar refractivity (Wildman–Crippen MR) is 416 cm³/mol. The summed E-state index contributed by atoms with van der Waals surface area (Å²) in [5.74, 6) is 3.81. The van der Waals surface area contributed by atoms with Gasteiger partial charge >= 0.3 is 18.4 Å². The summed E-state index contributed by atoms with van der Waals surface area (Å²) in [4.78, 5) is 74.3. The van der Waals surface area contributed by atoms with E-state index in [0.29, 0.717) is 43.1 Å². The van der Waals surface area contributed by atoms with Crippen molar-refractivity contribution in [1.82, 2.24) is 60.3 Å². The SMILES string of the molecule is CC(C)(C)OC(=O)N1CCNCC1.Cc1cc(Cl)nc(Cl)n1.Cc1ccc(N)cc1.Cc1ccc(Nc2cc(C)nc(Cl)n2)cc1.Cc1ccc(Nc2cc(C)nc(N3CCN(C(=O)OC(C)(C)C)CC3)n2)cc1.Cc1ccc(Nc2cc(C)nc(N3CCNCC3)n2)cc1.ClCCl.O=CC(F)(F)F. The van der Waals surface area contributed by atoms with E-state index in [9.17, 15) is 22.8 Å². The number of nitrogens with one attached hydrogen (secondary N) is 5. The van der Waals surface area contributed by atoms with Gasteiger partial charge in [0.15, 0.2) is 0 Å². The molecule has 0 atom stereocenters. The monoisotopic (exact) mass is 1540 g/mol. The van der Waals surface area contributed by atoms with Crippen LogP contribution in [0, 0.1) is 55.4 Å². The van der Waals surface area contributed by atoms with Crippen molar-refractivity contribution in [2.45, 2.75) is 114 Å². The van der Waals surface area contributed by atoms with Crippen LogP contribution in [0.3, 0.4) is 0 Å². The summed E-state index contributed by atoms with van der Waals surface area (Å²) in [6.45, 7) is 36.8. The Morgan fingerprint density at radius 3 is 1.08 bits per heavy atom. The first-order valence-corrected chi connectivity index (χ1v) is 35.4. The van der Waals surface area contributed by atoms with E-state index < -0.39 is 18.1 Å². The van der Waals surface area contributed by atoms with E-state index in [4.69, 9.17) is 78.0 Å². The van der Waals surface area contributed by atoms with Crippen LogP contribution in [0.4, 0.5) is 74.9 Å². The number of aryl methyl sites for hydroxylation is 8. The zero-order chi connectivity index (χ0) is 77.2. The van der Waals surface area contributed by atoms with Gasteiger partial charge in [-0.1, -0.05) is 82.4 Å². The molecule has 0 spiro atoms. The minimum absolute atomic E-state index is 0.194. The second-order valence-corrected chi connectivity index (χ2v) is 27.6. The molecule has 8 aromatic rings. The summed E-state index contributed by atoms with van der Waals surface area (Å²) in [5, 5.41) is 17.4. The number of carbonyl (C=O) groups excluding carboxylic acids is 3. The topological polar surface area (TPSA) is 272 Å². The second kappa shape index (κ2) is 44.2. The average molecular weight is 1540 g/mol. The lowest BCUT2D eigenvalue weighted by molar-refractivity contribution is -0.156. The molecule has 23 nitrogen and oxygen atoms in total. The molecule has 11 rings (SSSR count). The van der Waals surface area contributed by atoms with Crippen LogP contribution in [0.25, 0.3) is 0 Å². The number of alkyl halides is 5. The van der Waals surface area contributed by atoms with Gasteiger partial charge in [-0.2, -0.15) is 23.1 Å². The number of hydrogen-bond donors (Lipinski definition) is 6. The molecule has 3 fully saturated rings. The highest BCUT2D eigenvalue weighted by atomic mass is 35.5. The lowest BCUT2D eigenvalue weighted by Crippen LogP contribution is -2.50. The maximum Gasteiger partial charge on any atom is 0.446 e. The fraction of sp³-hybridized carbons (Fsp3) is 0.411. The molecular weight excluding hydrogens is 1440 g/mol. The third-order valence-corrected chi connectivity index (χ3v) is 14.4. The summed E-state index contributed by atoms with van der Waals surface area (Å²) >= 11 is 26.3. The van der Waals surface area contributed by atoms with E-state index in [1.54, 1.807) is 22.8 Å². The molecule has 0 radical (unpaired) electrons. The highest BCUT2D eigenvalue weighted by molar-refractivity contribution is 6.40. The number of hydrogen-bond acceptors (Lipinski definition) is 21. The fourth-order valence-corrected chi connectivity index (χ4v) is 9.71. The van der Waals surface area contributed by atoms with Crippen molar-refractivity contribution in [3.8, 4) is 0 Å². The number of rotatable bonds is 8. The molecule has 0 aliphatic carbocycles. The largest absolute Gasteiger partial charge is 0.446 e. The number of benzene rings is 4. The van der Waals surface area contributed by atoms with E-state index in [-0.39, 0.29) is 33.7 Å². The van der Waals surface area contributed by atoms with Crippen LogP contribution in [0.1, 0.15) is 86.6 Å². The Hall–Kier alpha value is -8.63. The third kappa shape index (κ3) is 37.2. The first-order valence-electron chi connectivity index (χ1n) is 33.2. The van der Waals surface area contributed by atoms with Crippen LogP contribution in [0.5, 0.6) is 0 Å². The molecular formula is C73H96Cl5F3N18O5. The van der Waals surface area contributed by atoms with E-state index in [1.165, 1.54) is 22.3 Å². The minimum Gasteiger partial charge on any atom is -0.444 e. The Labute approximate surface area is 634 Å². The minimum atomic E-state index is -4.64. The van der Waals surface area contributed by atoms with Gasteiger partial charge in [0.2, 0.25) is 28.8 Å². The number of piperazine rings is 3. The van der Waals surface area contributed by atoms with Gasteiger partial charge in [-0.3, -0.25) is 4.79 Å². The Kier molecular flexibility index (Phi) is 37.3. The van der Waals surface area contributed by atoms with E-state index in [1.807, 2.05) is 148 Å². The van der Waals surface area contributed by atoms with Crippen molar-refractivity contribution in [3.05, 3.63) is 182 Å². The van der Waals surface area contributed by atoms with Gasteiger partial charge in [0.05, 0.1) is 5.34 Å². The molecule has 0 bridgehead atoms. The average Bonchev–Trinajstić information content (AvgIpc) is 0.825. The Morgan fingerprint density at radius 2 is 0.760 bits per heavy atom. The summed E-state index contributed by atoms with van der Waals surface area (Å²) < 4.78 is 41.9. The van der Waals surface area contributed by atoms with Gasteiger partial charge in [0.25, 0.3) is 0 Å². The highest BCUT2D eigenvalue weighted by Gasteiger charge is 2.28. The summed E-state index contributed by atoms with van der Waals surface area (Å²) in [6.07, 6.45) is -6.17. The maximum absolute atomic E-state index is 12.2. The summed E-state index contributed by atoms with van der Waals surface area (Å²) in [6, 6.07) is 39.8. The van der Waals surface area contributed by atoms with E-state index >= 15 is 0 Å².